The Balaban J connectivity index is 4.83. The topological polar surface area (TPSA) is 78.5 Å². The summed E-state index contributed by atoms with van der Waals surface area (Å²) in [4.78, 5) is 22.8. The molecule has 0 rings (SSSR count). The minimum atomic E-state index is -3.01. The Morgan fingerprint density at radius 3 is 1.94 bits per heavy atom. The van der Waals surface area contributed by atoms with E-state index in [9.17, 15) is 14.2 Å². The van der Waals surface area contributed by atoms with Crippen LogP contribution in [0.5, 0.6) is 0 Å². The Bertz CT molecular complexity index is 316. The average Bonchev–Trinajstić information content (AvgIpc) is 2.35. The Morgan fingerprint density at radius 2 is 1.61 bits per heavy atom. The molecule has 0 aromatic heterocycles. The highest BCUT2D eigenvalue weighted by Crippen LogP contribution is 2.47. The van der Waals surface area contributed by atoms with Crippen molar-refractivity contribution in [2.45, 2.75) is 6.42 Å². The lowest BCUT2D eigenvalue weighted by Gasteiger charge is -2.27. The molecule has 0 aliphatic rings. The highest BCUT2D eigenvalue weighted by atomic mass is 32.1. The van der Waals surface area contributed by atoms with Crippen molar-refractivity contribution in [2.75, 3.05) is 45.8 Å². The first-order valence-electron chi connectivity index (χ1n) is 5.71. The molecule has 0 aromatic rings. The van der Waals surface area contributed by atoms with E-state index in [4.69, 9.17) is 0 Å². The minimum Gasteiger partial charge on any atom is -0.359 e. The third-order valence-corrected chi connectivity index (χ3v) is 5.92. The van der Waals surface area contributed by atoms with Crippen LogP contribution in [0.15, 0.2) is 0 Å². The standard InChI is InChI=1S/C10H22N3O3PS/c1-11-9(14)7-17(16,8-10(15)12-2)13(3)5-4-6-18/h18H,4-8H2,1-3H3,(H,11,14)(H,12,15). The van der Waals surface area contributed by atoms with Gasteiger partial charge >= 0.3 is 0 Å². The van der Waals surface area contributed by atoms with Gasteiger partial charge in [-0.1, -0.05) is 0 Å². The lowest BCUT2D eigenvalue weighted by Crippen LogP contribution is -2.33. The fraction of sp³-hybridized carbons (Fsp3) is 0.800. The Labute approximate surface area is 114 Å². The van der Waals surface area contributed by atoms with E-state index in [0.29, 0.717) is 12.3 Å². The van der Waals surface area contributed by atoms with Gasteiger partial charge in [-0.3, -0.25) is 14.3 Å². The van der Waals surface area contributed by atoms with Crippen LogP contribution in [0.1, 0.15) is 6.42 Å². The number of nitrogens with one attached hydrogen (secondary N) is 2. The van der Waals surface area contributed by atoms with Crippen LogP contribution in [0, 0.1) is 0 Å². The zero-order chi connectivity index (χ0) is 14.2. The lowest BCUT2D eigenvalue weighted by atomic mass is 10.5. The summed E-state index contributed by atoms with van der Waals surface area (Å²) in [5.41, 5.74) is 0. The fourth-order valence-electron chi connectivity index (χ4n) is 1.39. The molecule has 0 bridgehead atoms. The number of hydrogen-bond acceptors (Lipinski definition) is 4. The van der Waals surface area contributed by atoms with Gasteiger partial charge in [0, 0.05) is 20.6 Å². The van der Waals surface area contributed by atoms with E-state index in [1.54, 1.807) is 11.7 Å². The molecule has 6 nitrogen and oxygen atoms in total. The van der Waals surface area contributed by atoms with E-state index < -0.39 is 7.29 Å². The van der Waals surface area contributed by atoms with E-state index in [1.807, 2.05) is 0 Å². The van der Waals surface area contributed by atoms with Crippen LogP contribution in [0.4, 0.5) is 0 Å². The smallest absolute Gasteiger partial charge is 0.228 e. The molecule has 0 aliphatic carbocycles. The highest BCUT2D eigenvalue weighted by Gasteiger charge is 2.32. The van der Waals surface area contributed by atoms with Crippen molar-refractivity contribution in [3.63, 3.8) is 0 Å². The van der Waals surface area contributed by atoms with Gasteiger partial charge in [-0.2, -0.15) is 12.6 Å². The molecule has 18 heavy (non-hydrogen) atoms. The van der Waals surface area contributed by atoms with E-state index in [-0.39, 0.29) is 24.1 Å². The first kappa shape index (κ1) is 17.5. The van der Waals surface area contributed by atoms with Crippen LogP contribution < -0.4 is 10.6 Å². The van der Waals surface area contributed by atoms with E-state index in [2.05, 4.69) is 23.3 Å². The van der Waals surface area contributed by atoms with Crippen molar-refractivity contribution in [1.82, 2.24) is 15.3 Å². The minimum absolute atomic E-state index is 0.139. The number of rotatable bonds is 8. The zero-order valence-electron chi connectivity index (χ0n) is 11.1. The summed E-state index contributed by atoms with van der Waals surface area (Å²) in [7, 11) is 1.64. The predicted octanol–water partition coefficient (Wildman–Crippen LogP) is 0.00820. The second-order valence-corrected chi connectivity index (χ2v) is 7.42. The molecule has 0 radical (unpaired) electrons. The van der Waals surface area contributed by atoms with Crippen molar-refractivity contribution in [2.24, 2.45) is 0 Å². The monoisotopic (exact) mass is 295 g/mol. The molecule has 0 aliphatic heterocycles. The molecule has 0 aromatic carbocycles. The summed E-state index contributed by atoms with van der Waals surface area (Å²) in [6.07, 6.45) is 0.477. The first-order valence-corrected chi connectivity index (χ1v) is 8.37. The van der Waals surface area contributed by atoms with Crippen molar-refractivity contribution in [3.8, 4) is 0 Å². The van der Waals surface area contributed by atoms with Gasteiger partial charge in [0.15, 0.2) is 7.29 Å². The number of amides is 2. The zero-order valence-corrected chi connectivity index (χ0v) is 12.9. The summed E-state index contributed by atoms with van der Waals surface area (Å²) < 4.78 is 14.4. The summed E-state index contributed by atoms with van der Waals surface area (Å²) in [6.45, 7) is 0.550. The maximum absolute atomic E-state index is 12.7. The van der Waals surface area contributed by atoms with Gasteiger partial charge in [0.1, 0.15) is 0 Å². The van der Waals surface area contributed by atoms with E-state index in [1.165, 1.54) is 14.1 Å². The fourth-order valence-corrected chi connectivity index (χ4v) is 3.84. The van der Waals surface area contributed by atoms with Gasteiger partial charge < -0.3 is 15.2 Å². The SMILES string of the molecule is CNC(=O)CP(=O)(CC(=O)NC)N(C)CCCS. The first-order chi connectivity index (χ1) is 8.39. The molecule has 0 unspecified atom stereocenters. The second kappa shape index (κ2) is 8.56. The van der Waals surface area contributed by atoms with Crippen LogP contribution >= 0.6 is 19.9 Å². The third-order valence-electron chi connectivity index (χ3n) is 2.60. The van der Waals surface area contributed by atoms with Gasteiger partial charge in [-0.05, 0) is 19.2 Å². The van der Waals surface area contributed by atoms with Crippen LogP contribution in [0.3, 0.4) is 0 Å². The lowest BCUT2D eigenvalue weighted by molar-refractivity contribution is -0.118. The molecular formula is C10H22N3O3PS. The molecule has 0 saturated carbocycles. The number of carbonyl (C=O) groups is 2. The summed E-state index contributed by atoms with van der Waals surface area (Å²) in [6, 6.07) is 0. The van der Waals surface area contributed by atoms with Crippen molar-refractivity contribution >= 4 is 31.7 Å². The molecule has 106 valence electrons. The van der Waals surface area contributed by atoms with Gasteiger partial charge in [0.2, 0.25) is 11.8 Å². The molecule has 0 spiro atoms. The average molecular weight is 295 g/mol. The molecule has 0 fully saturated rings. The summed E-state index contributed by atoms with van der Waals surface area (Å²) in [5.74, 6) is 0.0320. The highest BCUT2D eigenvalue weighted by molar-refractivity contribution is 7.80. The molecule has 0 atom stereocenters. The quantitative estimate of drug-likeness (QED) is 0.435. The maximum Gasteiger partial charge on any atom is 0.228 e. The molecular weight excluding hydrogens is 273 g/mol. The number of carbonyl (C=O) groups excluding carboxylic acids is 2. The number of hydrogen-bond donors (Lipinski definition) is 3. The Morgan fingerprint density at radius 1 is 1.17 bits per heavy atom. The summed E-state index contributed by atoms with van der Waals surface area (Å²) in [5, 5.41) is 4.88. The molecule has 2 N–H and O–H groups in total. The predicted molar refractivity (Wildman–Crippen MR) is 76.6 cm³/mol. The van der Waals surface area contributed by atoms with Crippen molar-refractivity contribution in [3.05, 3.63) is 0 Å². The van der Waals surface area contributed by atoms with Gasteiger partial charge in [0.25, 0.3) is 0 Å². The van der Waals surface area contributed by atoms with Crippen molar-refractivity contribution < 1.29 is 14.2 Å². The summed E-state index contributed by atoms with van der Waals surface area (Å²) >= 11 is 4.09. The third kappa shape index (κ3) is 5.89. The van der Waals surface area contributed by atoms with Gasteiger partial charge in [-0.15, -0.1) is 0 Å². The van der Waals surface area contributed by atoms with Crippen molar-refractivity contribution in [1.29, 1.82) is 0 Å². The second-order valence-electron chi connectivity index (χ2n) is 3.97. The maximum atomic E-state index is 12.7. The largest absolute Gasteiger partial charge is 0.359 e. The Kier molecular flexibility index (Phi) is 8.31. The normalized spacial score (nSPS) is 11.4. The van der Waals surface area contributed by atoms with E-state index in [0.717, 1.165) is 6.42 Å². The molecule has 8 heteroatoms. The van der Waals surface area contributed by atoms with Crippen LogP contribution in [-0.4, -0.2) is 62.2 Å². The van der Waals surface area contributed by atoms with Crippen LogP contribution in [-0.2, 0) is 14.2 Å². The molecule has 2 amide bonds. The molecule has 0 heterocycles. The van der Waals surface area contributed by atoms with Crippen LogP contribution in [0.2, 0.25) is 0 Å². The van der Waals surface area contributed by atoms with Gasteiger partial charge in [-0.25, -0.2) is 0 Å². The van der Waals surface area contributed by atoms with E-state index >= 15 is 0 Å². The number of thiol groups is 1. The Hall–Kier alpha value is -0.520. The number of nitrogens with zero attached hydrogens (tertiary/aromatic N) is 1. The van der Waals surface area contributed by atoms with Gasteiger partial charge in [0.05, 0.1) is 12.3 Å². The van der Waals surface area contributed by atoms with Crippen LogP contribution in [0.25, 0.3) is 0 Å². The molecule has 0 saturated heterocycles.